The molecule has 0 aliphatic heterocycles. The van der Waals surface area contributed by atoms with E-state index >= 15 is 0 Å². The summed E-state index contributed by atoms with van der Waals surface area (Å²) in [6.07, 6.45) is 0. The minimum Gasteiger partial charge on any atom is -0.307 e. The van der Waals surface area contributed by atoms with E-state index in [1.807, 2.05) is 0 Å². The quantitative estimate of drug-likeness (QED) is 0.539. The molecule has 0 aromatic rings. The second-order valence-electron chi connectivity index (χ2n) is 1.49. The SMILES string of the molecule is C.C.CCN(C)CC. The maximum atomic E-state index is 2.25. The van der Waals surface area contributed by atoms with E-state index in [0.29, 0.717) is 0 Å². The lowest BCUT2D eigenvalue weighted by Gasteiger charge is -2.07. The average Bonchev–Trinajstić information content (AvgIpc) is 1.65. The molecule has 1 nitrogen and oxygen atoms in total. The van der Waals surface area contributed by atoms with Crippen LogP contribution in [0.5, 0.6) is 0 Å². The van der Waals surface area contributed by atoms with E-state index < -0.39 is 0 Å². The molecule has 0 spiro atoms. The molecule has 0 saturated heterocycles. The summed E-state index contributed by atoms with van der Waals surface area (Å²) >= 11 is 0. The zero-order valence-electron chi connectivity index (χ0n) is 4.86. The Morgan fingerprint density at radius 2 is 1.25 bits per heavy atom. The van der Waals surface area contributed by atoms with Crippen LogP contribution >= 0.6 is 0 Å². The van der Waals surface area contributed by atoms with Crippen molar-refractivity contribution < 1.29 is 0 Å². The molecule has 0 fully saturated rings. The van der Waals surface area contributed by atoms with E-state index in [9.17, 15) is 0 Å². The van der Waals surface area contributed by atoms with Crippen LogP contribution < -0.4 is 0 Å². The number of hydrogen-bond donors (Lipinski definition) is 0. The van der Waals surface area contributed by atoms with Gasteiger partial charge in [0.1, 0.15) is 0 Å². The Kier molecular flexibility index (Phi) is 19.7. The fraction of sp³-hybridized carbons (Fsp3) is 1.00. The molecule has 0 aliphatic carbocycles. The molecular formula is C7H21N. The van der Waals surface area contributed by atoms with Gasteiger partial charge in [-0.2, -0.15) is 0 Å². The molecule has 0 rings (SSSR count). The van der Waals surface area contributed by atoms with Crippen molar-refractivity contribution in [3.05, 3.63) is 0 Å². The molecule has 0 unspecified atom stereocenters. The third-order valence-electron chi connectivity index (χ3n) is 1.08. The summed E-state index contributed by atoms with van der Waals surface area (Å²) in [6, 6.07) is 0. The standard InChI is InChI=1S/C5H13N.2CH4/c1-4-6(3)5-2;;/h4-5H2,1-3H3;2*1H4. The van der Waals surface area contributed by atoms with Crippen LogP contribution in [-0.2, 0) is 0 Å². The first kappa shape index (κ1) is 15.7. The predicted octanol–water partition coefficient (Wildman–Crippen LogP) is 2.23. The predicted molar refractivity (Wildman–Crippen MR) is 42.3 cm³/mol. The van der Waals surface area contributed by atoms with Gasteiger partial charge < -0.3 is 4.90 Å². The van der Waals surface area contributed by atoms with Crippen molar-refractivity contribution in [1.82, 2.24) is 4.90 Å². The van der Waals surface area contributed by atoms with Crippen LogP contribution in [0.15, 0.2) is 0 Å². The molecule has 54 valence electrons. The molecule has 8 heavy (non-hydrogen) atoms. The van der Waals surface area contributed by atoms with Gasteiger partial charge in [-0.1, -0.05) is 28.7 Å². The maximum Gasteiger partial charge on any atom is -0.00504 e. The molecule has 0 aliphatic rings. The maximum absolute atomic E-state index is 2.25. The molecule has 0 bridgehead atoms. The van der Waals surface area contributed by atoms with Crippen molar-refractivity contribution in [1.29, 1.82) is 0 Å². The van der Waals surface area contributed by atoms with Gasteiger partial charge >= 0.3 is 0 Å². The van der Waals surface area contributed by atoms with Crippen LogP contribution in [0.1, 0.15) is 28.7 Å². The van der Waals surface area contributed by atoms with E-state index in [0.717, 1.165) is 13.1 Å². The van der Waals surface area contributed by atoms with Crippen molar-refractivity contribution in [3.8, 4) is 0 Å². The van der Waals surface area contributed by atoms with E-state index in [1.165, 1.54) is 0 Å². The van der Waals surface area contributed by atoms with Crippen molar-refractivity contribution in [3.63, 3.8) is 0 Å². The molecule has 0 atom stereocenters. The van der Waals surface area contributed by atoms with Gasteiger partial charge in [-0.25, -0.2) is 0 Å². The molecular weight excluding hydrogens is 98.1 g/mol. The van der Waals surface area contributed by atoms with Crippen molar-refractivity contribution >= 4 is 0 Å². The van der Waals surface area contributed by atoms with E-state index in [1.54, 1.807) is 0 Å². The van der Waals surface area contributed by atoms with E-state index in [-0.39, 0.29) is 14.9 Å². The van der Waals surface area contributed by atoms with Gasteiger partial charge in [0.25, 0.3) is 0 Å². The summed E-state index contributed by atoms with van der Waals surface area (Å²) < 4.78 is 0. The van der Waals surface area contributed by atoms with Crippen LogP contribution in [0.4, 0.5) is 0 Å². The largest absolute Gasteiger partial charge is 0.307 e. The summed E-state index contributed by atoms with van der Waals surface area (Å²) in [7, 11) is 2.11. The van der Waals surface area contributed by atoms with Crippen molar-refractivity contribution in [2.45, 2.75) is 28.7 Å². The van der Waals surface area contributed by atoms with Crippen LogP contribution in [0.3, 0.4) is 0 Å². The van der Waals surface area contributed by atoms with Crippen LogP contribution in [0.25, 0.3) is 0 Å². The van der Waals surface area contributed by atoms with E-state index in [2.05, 4.69) is 25.8 Å². The topological polar surface area (TPSA) is 3.24 Å². The lowest BCUT2D eigenvalue weighted by Crippen LogP contribution is -2.15. The fourth-order valence-corrected chi connectivity index (χ4v) is 0.224. The monoisotopic (exact) mass is 119 g/mol. The molecule has 0 saturated carbocycles. The third kappa shape index (κ3) is 9.35. The zero-order chi connectivity index (χ0) is 4.99. The first-order chi connectivity index (χ1) is 2.81. The summed E-state index contributed by atoms with van der Waals surface area (Å²) in [6.45, 7) is 6.64. The van der Waals surface area contributed by atoms with Gasteiger partial charge in [0.2, 0.25) is 0 Å². The Hall–Kier alpha value is -0.0400. The Bertz CT molecular complexity index is 23.6. The molecule has 1 heteroatoms. The first-order valence-electron chi connectivity index (χ1n) is 2.49. The highest BCUT2D eigenvalue weighted by Gasteiger charge is 1.81. The van der Waals surface area contributed by atoms with Crippen LogP contribution in [-0.4, -0.2) is 25.0 Å². The zero-order valence-corrected chi connectivity index (χ0v) is 4.86. The van der Waals surface area contributed by atoms with Gasteiger partial charge in [-0.05, 0) is 20.1 Å². The van der Waals surface area contributed by atoms with Gasteiger partial charge in [-0.15, -0.1) is 0 Å². The highest BCUT2D eigenvalue weighted by Crippen LogP contribution is 1.73. The molecule has 0 aromatic heterocycles. The molecule has 0 N–H and O–H groups in total. The first-order valence-corrected chi connectivity index (χ1v) is 2.49. The van der Waals surface area contributed by atoms with Crippen molar-refractivity contribution in [2.24, 2.45) is 0 Å². The molecule has 0 radical (unpaired) electrons. The summed E-state index contributed by atoms with van der Waals surface area (Å²) in [5.41, 5.74) is 0. The minimum absolute atomic E-state index is 0. The Morgan fingerprint density at radius 3 is 1.25 bits per heavy atom. The third-order valence-corrected chi connectivity index (χ3v) is 1.08. The van der Waals surface area contributed by atoms with Crippen LogP contribution in [0, 0.1) is 0 Å². The van der Waals surface area contributed by atoms with Gasteiger partial charge in [0.15, 0.2) is 0 Å². The second-order valence-corrected chi connectivity index (χ2v) is 1.49. The average molecular weight is 119 g/mol. The molecule has 0 aromatic carbocycles. The van der Waals surface area contributed by atoms with Crippen LogP contribution in [0.2, 0.25) is 0 Å². The Labute approximate surface area is 54.7 Å². The highest BCUT2D eigenvalue weighted by atomic mass is 15.1. The Morgan fingerprint density at radius 1 is 1.00 bits per heavy atom. The second kappa shape index (κ2) is 10.0. The number of rotatable bonds is 2. The number of nitrogens with zero attached hydrogens (tertiary/aromatic N) is 1. The van der Waals surface area contributed by atoms with Gasteiger partial charge in [0.05, 0.1) is 0 Å². The summed E-state index contributed by atoms with van der Waals surface area (Å²) in [5, 5.41) is 0. The fourth-order valence-electron chi connectivity index (χ4n) is 0.224. The molecule has 0 amide bonds. The van der Waals surface area contributed by atoms with Gasteiger partial charge in [0, 0.05) is 0 Å². The molecule has 0 heterocycles. The van der Waals surface area contributed by atoms with E-state index in [4.69, 9.17) is 0 Å². The minimum atomic E-state index is 0. The highest BCUT2D eigenvalue weighted by molar-refractivity contribution is 4.36. The van der Waals surface area contributed by atoms with Crippen molar-refractivity contribution in [2.75, 3.05) is 20.1 Å². The lowest BCUT2D eigenvalue weighted by molar-refractivity contribution is 0.373. The normalized spacial score (nSPS) is 7.50. The Balaban J connectivity index is -0.000000125. The summed E-state index contributed by atoms with van der Waals surface area (Å²) in [4.78, 5) is 2.25. The summed E-state index contributed by atoms with van der Waals surface area (Å²) in [5.74, 6) is 0. The lowest BCUT2D eigenvalue weighted by atomic mass is 10.6. The smallest absolute Gasteiger partial charge is 0.00504 e. The van der Waals surface area contributed by atoms with Gasteiger partial charge in [-0.3, -0.25) is 0 Å². The number of hydrogen-bond acceptors (Lipinski definition) is 1.